The van der Waals surface area contributed by atoms with Gasteiger partial charge in [0.1, 0.15) is 11.8 Å². The monoisotopic (exact) mass is 258 g/mol. The van der Waals surface area contributed by atoms with Gasteiger partial charge in [-0.15, -0.1) is 0 Å². The summed E-state index contributed by atoms with van der Waals surface area (Å²) >= 11 is 5.97. The quantitative estimate of drug-likeness (QED) is 0.780. The summed E-state index contributed by atoms with van der Waals surface area (Å²) < 4.78 is 7.04. The van der Waals surface area contributed by atoms with Gasteiger partial charge in [-0.3, -0.25) is 9.48 Å². The zero-order valence-electron chi connectivity index (χ0n) is 11.0. The number of Topliss-reactive ketones (excluding diaryl/α,β-unsaturated/α-hetero) is 1. The molecule has 1 aromatic rings. The molecule has 0 N–H and O–H groups in total. The summed E-state index contributed by atoms with van der Waals surface area (Å²) in [6, 6.07) is 0. The molecule has 17 heavy (non-hydrogen) atoms. The number of rotatable bonds is 4. The first-order valence-corrected chi connectivity index (χ1v) is 6.00. The van der Waals surface area contributed by atoms with E-state index in [2.05, 4.69) is 5.10 Å². The van der Waals surface area contributed by atoms with Crippen LogP contribution in [0.5, 0.6) is 0 Å². The predicted molar refractivity (Wildman–Crippen MR) is 67.4 cm³/mol. The van der Waals surface area contributed by atoms with E-state index < -0.39 is 6.10 Å². The summed E-state index contributed by atoms with van der Waals surface area (Å²) in [4.78, 5) is 12.4. The number of hydrogen-bond acceptors (Lipinski definition) is 3. The molecule has 0 saturated carbocycles. The molecule has 1 aromatic heterocycles. The smallest absolute Gasteiger partial charge is 0.211 e. The Labute approximate surface area is 107 Å². The van der Waals surface area contributed by atoms with Crippen LogP contribution in [-0.4, -0.2) is 28.3 Å². The van der Waals surface area contributed by atoms with E-state index in [9.17, 15) is 4.79 Å². The van der Waals surface area contributed by atoms with Gasteiger partial charge in [-0.25, -0.2) is 0 Å². The number of ketones is 1. The fourth-order valence-electron chi connectivity index (χ4n) is 1.70. The van der Waals surface area contributed by atoms with Crippen molar-refractivity contribution in [2.75, 3.05) is 6.61 Å². The minimum absolute atomic E-state index is 0.121. The summed E-state index contributed by atoms with van der Waals surface area (Å²) in [5, 5.41) is 4.34. The van der Waals surface area contributed by atoms with Gasteiger partial charge in [-0.2, -0.15) is 5.10 Å². The van der Waals surface area contributed by atoms with Gasteiger partial charge in [0, 0.05) is 13.7 Å². The van der Waals surface area contributed by atoms with Gasteiger partial charge in [0.05, 0.1) is 11.2 Å². The lowest BCUT2D eigenvalue weighted by Crippen LogP contribution is -2.38. The van der Waals surface area contributed by atoms with E-state index in [-0.39, 0.29) is 11.2 Å². The first-order valence-electron chi connectivity index (χ1n) is 5.62. The highest BCUT2D eigenvalue weighted by atomic mass is 35.5. The molecule has 0 saturated heterocycles. The highest BCUT2D eigenvalue weighted by molar-refractivity contribution is 6.33. The highest BCUT2D eigenvalue weighted by Crippen LogP contribution is 2.27. The Morgan fingerprint density at radius 2 is 2.18 bits per heavy atom. The number of ether oxygens (including phenoxy) is 1. The molecular weight excluding hydrogens is 240 g/mol. The molecule has 0 amide bonds. The van der Waals surface area contributed by atoms with Gasteiger partial charge in [-0.1, -0.05) is 32.4 Å². The van der Waals surface area contributed by atoms with Crippen LogP contribution in [0.15, 0.2) is 6.20 Å². The second-order valence-corrected chi connectivity index (χ2v) is 5.44. The molecule has 96 valence electrons. The van der Waals surface area contributed by atoms with E-state index in [1.54, 1.807) is 7.05 Å². The van der Waals surface area contributed by atoms with Gasteiger partial charge in [-0.05, 0) is 12.3 Å². The van der Waals surface area contributed by atoms with Crippen LogP contribution in [0.2, 0.25) is 5.02 Å². The van der Waals surface area contributed by atoms with Crippen LogP contribution in [-0.2, 0) is 11.8 Å². The molecule has 0 aromatic carbocycles. The summed E-state index contributed by atoms with van der Waals surface area (Å²) in [5.41, 5.74) is 0.126. The molecule has 0 spiro atoms. The predicted octanol–water partition coefficient (Wildman–Crippen LogP) is 2.71. The molecule has 1 heterocycles. The molecule has 1 atom stereocenters. The molecule has 0 bridgehead atoms. The van der Waals surface area contributed by atoms with Gasteiger partial charge in [0.25, 0.3) is 0 Å². The molecule has 5 heteroatoms. The van der Waals surface area contributed by atoms with E-state index in [0.29, 0.717) is 17.3 Å². The minimum atomic E-state index is -0.514. The maximum atomic E-state index is 12.4. The second kappa shape index (κ2) is 5.19. The first kappa shape index (κ1) is 14.2. The zero-order valence-corrected chi connectivity index (χ0v) is 11.7. The number of nitrogens with zero attached hydrogens (tertiary/aromatic N) is 2. The van der Waals surface area contributed by atoms with Crippen LogP contribution < -0.4 is 0 Å². The lowest BCUT2D eigenvalue weighted by Gasteiger charge is -2.29. The Balaban J connectivity index is 3.09. The number of aryl methyl sites for hydroxylation is 1. The fourth-order valence-corrected chi connectivity index (χ4v) is 1.96. The molecule has 0 aliphatic heterocycles. The van der Waals surface area contributed by atoms with E-state index in [4.69, 9.17) is 16.3 Å². The van der Waals surface area contributed by atoms with Crippen molar-refractivity contribution in [3.63, 3.8) is 0 Å². The Morgan fingerprint density at radius 1 is 1.59 bits per heavy atom. The second-order valence-electron chi connectivity index (χ2n) is 5.03. The van der Waals surface area contributed by atoms with Crippen molar-refractivity contribution in [2.45, 2.75) is 33.8 Å². The topological polar surface area (TPSA) is 44.1 Å². The van der Waals surface area contributed by atoms with Crippen molar-refractivity contribution in [1.82, 2.24) is 9.78 Å². The molecule has 1 unspecified atom stereocenters. The summed E-state index contributed by atoms with van der Waals surface area (Å²) in [5.74, 6) is -0.121. The molecule has 0 aliphatic rings. The van der Waals surface area contributed by atoms with Crippen molar-refractivity contribution >= 4 is 17.4 Å². The maximum absolute atomic E-state index is 12.4. The molecule has 0 fully saturated rings. The van der Waals surface area contributed by atoms with Gasteiger partial charge < -0.3 is 4.74 Å². The summed E-state index contributed by atoms with van der Waals surface area (Å²) in [6.45, 7) is 8.26. The van der Waals surface area contributed by atoms with Crippen LogP contribution in [0.1, 0.15) is 38.2 Å². The van der Waals surface area contributed by atoms with E-state index in [1.165, 1.54) is 10.9 Å². The number of halogens is 1. The Kier molecular flexibility index (Phi) is 4.33. The summed E-state index contributed by atoms with van der Waals surface area (Å²) in [7, 11) is 1.70. The van der Waals surface area contributed by atoms with Gasteiger partial charge >= 0.3 is 0 Å². The van der Waals surface area contributed by atoms with Crippen molar-refractivity contribution in [2.24, 2.45) is 12.5 Å². The third kappa shape index (κ3) is 3.07. The number of carbonyl (C=O) groups excluding carboxylic acids is 1. The van der Waals surface area contributed by atoms with Gasteiger partial charge in [0.2, 0.25) is 5.78 Å². The fraction of sp³-hybridized carbons (Fsp3) is 0.667. The average molecular weight is 259 g/mol. The maximum Gasteiger partial charge on any atom is 0.211 e. The molecule has 4 nitrogen and oxygen atoms in total. The third-order valence-electron chi connectivity index (χ3n) is 2.49. The average Bonchev–Trinajstić information content (AvgIpc) is 2.52. The molecular formula is C12H19ClN2O2. The number of aromatic nitrogens is 2. The molecule has 0 radical (unpaired) electrons. The molecule has 1 rings (SSSR count). The number of carbonyl (C=O) groups is 1. The minimum Gasteiger partial charge on any atom is -0.370 e. The van der Waals surface area contributed by atoms with E-state index in [0.717, 1.165) is 0 Å². The zero-order chi connectivity index (χ0) is 13.2. The van der Waals surface area contributed by atoms with E-state index in [1.807, 2.05) is 27.7 Å². The van der Waals surface area contributed by atoms with Crippen LogP contribution in [0, 0.1) is 5.41 Å². The summed E-state index contributed by atoms with van der Waals surface area (Å²) in [6.07, 6.45) is 0.959. The van der Waals surface area contributed by atoms with Crippen molar-refractivity contribution in [1.29, 1.82) is 0 Å². The Morgan fingerprint density at radius 3 is 2.53 bits per heavy atom. The van der Waals surface area contributed by atoms with Crippen LogP contribution >= 0.6 is 11.6 Å². The Bertz CT molecular complexity index is 388. The lowest BCUT2D eigenvalue weighted by atomic mass is 9.85. The largest absolute Gasteiger partial charge is 0.370 e. The van der Waals surface area contributed by atoms with Crippen molar-refractivity contribution < 1.29 is 9.53 Å². The lowest BCUT2D eigenvalue weighted by molar-refractivity contribution is -0.000843. The number of hydrogen-bond donors (Lipinski definition) is 0. The van der Waals surface area contributed by atoms with Crippen molar-refractivity contribution in [3.8, 4) is 0 Å². The van der Waals surface area contributed by atoms with Crippen LogP contribution in [0.25, 0.3) is 0 Å². The highest BCUT2D eigenvalue weighted by Gasteiger charge is 2.35. The molecule has 0 aliphatic carbocycles. The first-order chi connectivity index (χ1) is 7.79. The van der Waals surface area contributed by atoms with Crippen LogP contribution in [0.4, 0.5) is 0 Å². The SMILES string of the molecule is CCOC(C(=O)c1c(Cl)cnn1C)C(C)(C)C. The van der Waals surface area contributed by atoms with Crippen LogP contribution in [0.3, 0.4) is 0 Å². The van der Waals surface area contributed by atoms with Crippen molar-refractivity contribution in [3.05, 3.63) is 16.9 Å². The standard InChI is InChI=1S/C12H19ClN2O2/c1-6-17-11(12(2,3)4)10(16)9-8(13)7-14-15(9)5/h7,11H,6H2,1-5H3. The third-order valence-corrected chi connectivity index (χ3v) is 2.76. The Hall–Kier alpha value is -0.870. The van der Waals surface area contributed by atoms with E-state index >= 15 is 0 Å². The van der Waals surface area contributed by atoms with Gasteiger partial charge in [0.15, 0.2) is 0 Å². The normalized spacial score (nSPS) is 13.8.